The molecule has 0 radical (unpaired) electrons. The molecule has 0 aliphatic carbocycles. The van der Waals surface area contributed by atoms with Crippen LogP contribution in [-0.4, -0.2) is 8.32 Å². The average molecular weight is 376 g/mol. The van der Waals surface area contributed by atoms with Gasteiger partial charge in [-0.15, -0.1) is 0 Å². The first kappa shape index (κ1) is 20.1. The molecule has 2 aromatic rings. The van der Waals surface area contributed by atoms with Crippen LogP contribution >= 0.6 is 0 Å². The summed E-state index contributed by atoms with van der Waals surface area (Å²) in [6, 6.07) is 12.3. The average Bonchev–Trinajstić information content (AvgIpc) is 2.52. The smallest absolute Gasteiger partial charge is 0.416 e. The second-order valence-electron chi connectivity index (χ2n) is 7.71. The van der Waals surface area contributed by atoms with Gasteiger partial charge in [-0.1, -0.05) is 32.6 Å². The molecule has 1 nitrogen and oxygen atoms in total. The zero-order valence-electron chi connectivity index (χ0n) is 15.7. The van der Waals surface area contributed by atoms with E-state index >= 15 is 0 Å². The Morgan fingerprint density at radius 3 is 1.58 bits per heavy atom. The van der Waals surface area contributed by atoms with E-state index in [1.165, 1.54) is 12.1 Å². The molecule has 0 spiro atoms. The molecule has 0 fully saturated rings. The van der Waals surface area contributed by atoms with Crippen LogP contribution in [0.4, 0.5) is 13.2 Å². The van der Waals surface area contributed by atoms with Crippen molar-refractivity contribution in [1.82, 2.24) is 0 Å². The van der Waals surface area contributed by atoms with Crippen LogP contribution in [0, 0.1) is 11.8 Å². The zero-order chi connectivity index (χ0) is 19.6. The molecule has 2 aromatic carbocycles. The van der Waals surface area contributed by atoms with Crippen LogP contribution in [-0.2, 0) is 6.18 Å². The normalized spacial score (nSPS) is 12.3. The number of hydrogen-bond donors (Lipinski definition) is 0. The summed E-state index contributed by atoms with van der Waals surface area (Å²) in [5.74, 6) is 6.66. The zero-order valence-corrected chi connectivity index (χ0v) is 16.7. The summed E-state index contributed by atoms with van der Waals surface area (Å²) in [5, 5.41) is 0.119. The molecular formula is C21H23F3OSi. The lowest BCUT2D eigenvalue weighted by Gasteiger charge is -2.36. The van der Waals surface area contributed by atoms with E-state index in [2.05, 4.69) is 45.7 Å². The van der Waals surface area contributed by atoms with Crippen LogP contribution in [0.25, 0.3) is 0 Å². The highest BCUT2D eigenvalue weighted by Crippen LogP contribution is 2.37. The predicted molar refractivity (Wildman–Crippen MR) is 102 cm³/mol. The van der Waals surface area contributed by atoms with Crippen molar-refractivity contribution in [1.29, 1.82) is 0 Å². The van der Waals surface area contributed by atoms with E-state index in [0.717, 1.165) is 23.4 Å². The van der Waals surface area contributed by atoms with E-state index in [-0.39, 0.29) is 5.04 Å². The van der Waals surface area contributed by atoms with Crippen molar-refractivity contribution in [2.45, 2.75) is 45.1 Å². The van der Waals surface area contributed by atoms with Gasteiger partial charge in [0, 0.05) is 11.1 Å². The largest absolute Gasteiger partial charge is 0.544 e. The lowest BCUT2D eigenvalue weighted by Crippen LogP contribution is -2.43. The molecule has 0 amide bonds. The fourth-order valence-electron chi connectivity index (χ4n) is 1.94. The first-order valence-electron chi connectivity index (χ1n) is 8.37. The molecule has 5 heteroatoms. The molecular weight excluding hydrogens is 353 g/mol. The minimum absolute atomic E-state index is 0.119. The van der Waals surface area contributed by atoms with E-state index < -0.39 is 20.1 Å². The van der Waals surface area contributed by atoms with Crippen LogP contribution in [0.15, 0.2) is 48.5 Å². The Morgan fingerprint density at radius 2 is 1.19 bits per heavy atom. The Morgan fingerprint density at radius 1 is 0.769 bits per heavy atom. The minimum Gasteiger partial charge on any atom is -0.544 e. The Balaban J connectivity index is 2.10. The molecule has 0 aromatic heterocycles. The lowest BCUT2D eigenvalue weighted by molar-refractivity contribution is -0.137. The molecule has 0 saturated carbocycles. The maximum atomic E-state index is 12.6. The maximum Gasteiger partial charge on any atom is 0.416 e. The van der Waals surface area contributed by atoms with Gasteiger partial charge in [0.15, 0.2) is 0 Å². The van der Waals surface area contributed by atoms with Gasteiger partial charge in [0.1, 0.15) is 5.75 Å². The third-order valence-electron chi connectivity index (χ3n) is 4.60. The van der Waals surface area contributed by atoms with E-state index in [1.54, 1.807) is 0 Å². The quantitative estimate of drug-likeness (QED) is 0.430. The summed E-state index contributed by atoms with van der Waals surface area (Å²) >= 11 is 0. The molecule has 26 heavy (non-hydrogen) atoms. The highest BCUT2D eigenvalue weighted by molar-refractivity contribution is 6.74. The number of rotatable bonds is 2. The van der Waals surface area contributed by atoms with Gasteiger partial charge in [0.2, 0.25) is 8.32 Å². The van der Waals surface area contributed by atoms with Gasteiger partial charge < -0.3 is 4.43 Å². The molecule has 0 heterocycles. The highest BCUT2D eigenvalue weighted by Gasteiger charge is 2.38. The number of halogens is 3. The van der Waals surface area contributed by atoms with Gasteiger partial charge in [-0.25, -0.2) is 0 Å². The summed E-state index contributed by atoms with van der Waals surface area (Å²) in [4.78, 5) is 0. The van der Waals surface area contributed by atoms with Crippen molar-refractivity contribution in [2.75, 3.05) is 0 Å². The summed E-state index contributed by atoms with van der Waals surface area (Å²) in [6.07, 6.45) is -4.33. The summed E-state index contributed by atoms with van der Waals surface area (Å²) in [7, 11) is -1.88. The van der Waals surface area contributed by atoms with Crippen molar-refractivity contribution in [2.24, 2.45) is 0 Å². The summed E-state index contributed by atoms with van der Waals surface area (Å²) in [5.41, 5.74) is 0.655. The molecule has 0 aliphatic heterocycles. The molecule has 0 bridgehead atoms. The SMILES string of the molecule is CC(C)(C)[Si](C)(C)Oc1ccc(C#Cc2ccc(C(F)(F)F)cc2)cc1. The third-order valence-corrected chi connectivity index (χ3v) is 8.96. The van der Waals surface area contributed by atoms with E-state index in [9.17, 15) is 13.2 Å². The monoisotopic (exact) mass is 376 g/mol. The van der Waals surface area contributed by atoms with Crippen molar-refractivity contribution in [3.05, 3.63) is 65.2 Å². The van der Waals surface area contributed by atoms with Crippen molar-refractivity contribution in [3.63, 3.8) is 0 Å². The first-order chi connectivity index (χ1) is 11.9. The van der Waals surface area contributed by atoms with Gasteiger partial charge in [-0.2, -0.15) is 13.2 Å². The standard InChI is InChI=1S/C21H23F3OSi/c1-20(2,3)26(4,5)25-19-14-10-17(11-15-19)7-6-16-8-12-18(13-9-16)21(22,23)24/h8-15H,1-5H3. The number of benzene rings is 2. The lowest BCUT2D eigenvalue weighted by atomic mass is 10.1. The molecule has 0 atom stereocenters. The van der Waals surface area contributed by atoms with E-state index in [1.807, 2.05) is 24.3 Å². The Kier molecular flexibility index (Phi) is 5.57. The molecule has 138 valence electrons. The van der Waals surface area contributed by atoms with Crippen LogP contribution < -0.4 is 4.43 Å². The van der Waals surface area contributed by atoms with Gasteiger partial charge >= 0.3 is 6.18 Å². The Hall–Kier alpha value is -2.19. The summed E-state index contributed by atoms with van der Waals surface area (Å²) < 4.78 is 43.9. The fourth-order valence-corrected chi connectivity index (χ4v) is 2.97. The van der Waals surface area contributed by atoms with E-state index in [4.69, 9.17) is 4.43 Å². The molecule has 2 rings (SSSR count). The van der Waals surface area contributed by atoms with Crippen LogP contribution in [0.2, 0.25) is 18.1 Å². The fraction of sp³-hybridized carbons (Fsp3) is 0.333. The second kappa shape index (κ2) is 7.20. The van der Waals surface area contributed by atoms with Crippen LogP contribution in [0.3, 0.4) is 0 Å². The molecule has 0 saturated heterocycles. The third kappa shape index (κ3) is 5.15. The highest BCUT2D eigenvalue weighted by atomic mass is 28.4. The van der Waals surface area contributed by atoms with E-state index in [0.29, 0.717) is 5.56 Å². The Labute approximate surface area is 154 Å². The van der Waals surface area contributed by atoms with Gasteiger partial charge in [-0.05, 0) is 66.7 Å². The maximum absolute atomic E-state index is 12.6. The van der Waals surface area contributed by atoms with Crippen LogP contribution in [0.5, 0.6) is 5.75 Å². The molecule has 0 aliphatic rings. The van der Waals surface area contributed by atoms with Gasteiger partial charge in [-0.3, -0.25) is 0 Å². The van der Waals surface area contributed by atoms with Gasteiger partial charge in [0.25, 0.3) is 0 Å². The molecule has 0 N–H and O–H groups in total. The Bertz CT molecular complexity index is 802. The van der Waals surface area contributed by atoms with Crippen LogP contribution in [0.1, 0.15) is 37.5 Å². The number of alkyl halides is 3. The summed E-state index contributed by atoms with van der Waals surface area (Å²) in [6.45, 7) is 10.9. The second-order valence-corrected chi connectivity index (χ2v) is 12.4. The van der Waals surface area contributed by atoms with Gasteiger partial charge in [0.05, 0.1) is 5.56 Å². The molecule has 0 unspecified atom stereocenters. The predicted octanol–water partition coefficient (Wildman–Crippen LogP) is 6.49. The minimum atomic E-state index is -4.33. The van der Waals surface area contributed by atoms with Crippen molar-refractivity contribution >= 4 is 8.32 Å². The van der Waals surface area contributed by atoms with Crippen molar-refractivity contribution < 1.29 is 17.6 Å². The van der Waals surface area contributed by atoms with Crippen molar-refractivity contribution in [3.8, 4) is 17.6 Å². The number of hydrogen-bond acceptors (Lipinski definition) is 1. The first-order valence-corrected chi connectivity index (χ1v) is 11.3. The topological polar surface area (TPSA) is 9.23 Å².